The zero-order valence-corrected chi connectivity index (χ0v) is 16.1. The van der Waals surface area contributed by atoms with Crippen molar-refractivity contribution < 1.29 is 9.18 Å². The van der Waals surface area contributed by atoms with E-state index in [9.17, 15) is 9.18 Å². The first kappa shape index (κ1) is 19.0. The molecule has 27 heavy (non-hydrogen) atoms. The standard InChI is InChI=1S/C21H20FN3OS/c1-4-11-25-20(17-7-5-6-8-18(17)22)23-24-21(25)27-13-19(26)16-10-9-14(2)15(3)12-16/h4-10,12H,1,11,13H2,2-3H3. The van der Waals surface area contributed by atoms with Crippen molar-refractivity contribution in [2.75, 3.05) is 5.75 Å². The Hall–Kier alpha value is -2.73. The molecule has 0 unspecified atom stereocenters. The van der Waals surface area contributed by atoms with Crippen molar-refractivity contribution in [1.82, 2.24) is 14.8 Å². The maximum absolute atomic E-state index is 14.1. The van der Waals surface area contributed by atoms with Gasteiger partial charge in [-0.2, -0.15) is 0 Å². The number of benzene rings is 2. The van der Waals surface area contributed by atoms with E-state index in [0.717, 1.165) is 11.1 Å². The molecule has 0 radical (unpaired) electrons. The number of allylic oxidation sites excluding steroid dienone is 1. The normalized spacial score (nSPS) is 10.8. The van der Waals surface area contributed by atoms with Crippen LogP contribution in [0.1, 0.15) is 21.5 Å². The summed E-state index contributed by atoms with van der Waals surface area (Å²) in [5.41, 5.74) is 3.29. The molecule has 0 saturated heterocycles. The minimum absolute atomic E-state index is 0.0173. The topological polar surface area (TPSA) is 47.8 Å². The van der Waals surface area contributed by atoms with Gasteiger partial charge in [0.1, 0.15) is 5.82 Å². The van der Waals surface area contributed by atoms with E-state index in [4.69, 9.17) is 0 Å². The summed E-state index contributed by atoms with van der Waals surface area (Å²) in [6, 6.07) is 12.1. The molecule has 0 N–H and O–H groups in total. The molecule has 138 valence electrons. The first-order valence-corrected chi connectivity index (χ1v) is 9.52. The molecule has 0 fully saturated rings. The monoisotopic (exact) mass is 381 g/mol. The average molecular weight is 381 g/mol. The summed E-state index contributed by atoms with van der Waals surface area (Å²) < 4.78 is 15.9. The van der Waals surface area contributed by atoms with Crippen molar-refractivity contribution >= 4 is 17.5 Å². The lowest BCUT2D eigenvalue weighted by molar-refractivity contribution is 0.102. The first-order valence-electron chi connectivity index (χ1n) is 8.53. The van der Waals surface area contributed by atoms with Crippen molar-refractivity contribution in [1.29, 1.82) is 0 Å². The molecule has 6 heteroatoms. The Balaban J connectivity index is 1.83. The number of hydrogen-bond donors (Lipinski definition) is 0. The first-order chi connectivity index (χ1) is 13.0. The Kier molecular flexibility index (Phi) is 5.86. The van der Waals surface area contributed by atoms with Crippen LogP contribution >= 0.6 is 11.8 Å². The Morgan fingerprint density at radius 1 is 1.19 bits per heavy atom. The Morgan fingerprint density at radius 2 is 1.96 bits per heavy atom. The van der Waals surface area contributed by atoms with Gasteiger partial charge in [0.25, 0.3) is 0 Å². The number of nitrogens with zero attached hydrogens (tertiary/aromatic N) is 3. The number of halogens is 1. The number of Topliss-reactive ketones (excluding diaryl/α,β-unsaturated/α-hetero) is 1. The molecule has 0 aliphatic heterocycles. The summed E-state index contributed by atoms with van der Waals surface area (Å²) in [5, 5.41) is 8.85. The van der Waals surface area contributed by atoms with E-state index in [0.29, 0.717) is 28.7 Å². The summed E-state index contributed by atoms with van der Waals surface area (Å²) in [6.07, 6.45) is 1.70. The predicted octanol–water partition coefficient (Wildman–Crippen LogP) is 4.86. The lowest BCUT2D eigenvalue weighted by atomic mass is 10.0. The van der Waals surface area contributed by atoms with Crippen LogP contribution in [-0.2, 0) is 6.54 Å². The highest BCUT2D eigenvalue weighted by atomic mass is 32.2. The summed E-state index contributed by atoms with van der Waals surface area (Å²) in [5.74, 6) is 0.311. The van der Waals surface area contributed by atoms with Gasteiger partial charge in [0, 0.05) is 12.1 Å². The second-order valence-corrected chi connectivity index (χ2v) is 7.14. The molecule has 2 aromatic carbocycles. The van der Waals surface area contributed by atoms with Gasteiger partial charge in [0.05, 0.1) is 11.3 Å². The van der Waals surface area contributed by atoms with Gasteiger partial charge in [-0.05, 0) is 43.2 Å². The Labute approximate surface area is 162 Å². The average Bonchev–Trinajstić information content (AvgIpc) is 3.05. The highest BCUT2D eigenvalue weighted by Crippen LogP contribution is 2.26. The van der Waals surface area contributed by atoms with E-state index in [1.54, 1.807) is 28.8 Å². The highest BCUT2D eigenvalue weighted by Gasteiger charge is 2.17. The summed E-state index contributed by atoms with van der Waals surface area (Å²) >= 11 is 1.29. The van der Waals surface area contributed by atoms with Crippen LogP contribution in [0.15, 0.2) is 60.3 Å². The fourth-order valence-corrected chi connectivity index (χ4v) is 3.50. The van der Waals surface area contributed by atoms with Crippen LogP contribution in [-0.4, -0.2) is 26.3 Å². The third kappa shape index (κ3) is 4.17. The molecular formula is C21H20FN3OS. The van der Waals surface area contributed by atoms with Crippen LogP contribution < -0.4 is 0 Å². The van der Waals surface area contributed by atoms with Crippen LogP contribution in [0, 0.1) is 19.7 Å². The second-order valence-electron chi connectivity index (χ2n) is 6.20. The van der Waals surface area contributed by atoms with Crippen LogP contribution in [0.5, 0.6) is 0 Å². The molecule has 1 heterocycles. The van der Waals surface area contributed by atoms with Gasteiger partial charge < -0.3 is 0 Å². The van der Waals surface area contributed by atoms with Crippen molar-refractivity contribution in [3.63, 3.8) is 0 Å². The van der Waals surface area contributed by atoms with Crippen molar-refractivity contribution in [3.05, 3.63) is 77.6 Å². The maximum Gasteiger partial charge on any atom is 0.192 e. The molecule has 0 spiro atoms. The summed E-state index contributed by atoms with van der Waals surface area (Å²) in [6.45, 7) is 8.18. The van der Waals surface area contributed by atoms with Crippen LogP contribution in [0.2, 0.25) is 0 Å². The van der Waals surface area contributed by atoms with Gasteiger partial charge in [-0.15, -0.1) is 16.8 Å². The van der Waals surface area contributed by atoms with E-state index >= 15 is 0 Å². The number of carbonyl (C=O) groups excluding carboxylic acids is 1. The van der Waals surface area contributed by atoms with Crippen LogP contribution in [0.3, 0.4) is 0 Å². The van der Waals surface area contributed by atoms with Crippen LogP contribution in [0.4, 0.5) is 4.39 Å². The SMILES string of the molecule is C=CCn1c(SCC(=O)c2ccc(C)c(C)c2)nnc1-c1ccccc1F. The van der Waals surface area contributed by atoms with E-state index < -0.39 is 0 Å². The minimum Gasteiger partial charge on any atom is -0.298 e. The lowest BCUT2D eigenvalue weighted by Gasteiger charge is -2.08. The maximum atomic E-state index is 14.1. The second kappa shape index (κ2) is 8.31. The largest absolute Gasteiger partial charge is 0.298 e. The number of carbonyl (C=O) groups is 1. The van der Waals surface area contributed by atoms with Gasteiger partial charge in [-0.25, -0.2) is 4.39 Å². The van der Waals surface area contributed by atoms with Gasteiger partial charge >= 0.3 is 0 Å². The van der Waals surface area contributed by atoms with E-state index in [2.05, 4.69) is 16.8 Å². The van der Waals surface area contributed by atoms with Gasteiger partial charge in [-0.1, -0.05) is 42.1 Å². The van der Waals surface area contributed by atoms with Gasteiger partial charge in [0.15, 0.2) is 16.8 Å². The molecule has 0 saturated carbocycles. The molecule has 0 atom stereocenters. The Morgan fingerprint density at radius 3 is 2.67 bits per heavy atom. The number of rotatable bonds is 7. The number of ketones is 1. The Bertz CT molecular complexity index is 997. The van der Waals surface area contributed by atoms with Gasteiger partial charge in [0.2, 0.25) is 0 Å². The fraction of sp³-hybridized carbons (Fsp3) is 0.190. The summed E-state index contributed by atoms with van der Waals surface area (Å²) in [4.78, 5) is 12.5. The molecule has 0 aliphatic rings. The molecule has 3 rings (SSSR count). The molecule has 3 aromatic rings. The molecule has 0 aliphatic carbocycles. The van der Waals surface area contributed by atoms with Gasteiger partial charge in [-0.3, -0.25) is 9.36 Å². The number of hydrogen-bond acceptors (Lipinski definition) is 4. The zero-order chi connectivity index (χ0) is 19.4. The summed E-state index contributed by atoms with van der Waals surface area (Å²) in [7, 11) is 0. The van der Waals surface area contributed by atoms with Crippen molar-refractivity contribution in [2.24, 2.45) is 0 Å². The quantitative estimate of drug-likeness (QED) is 0.333. The van der Waals surface area contributed by atoms with E-state index in [-0.39, 0.29) is 17.4 Å². The smallest absolute Gasteiger partial charge is 0.192 e. The predicted molar refractivity (Wildman–Crippen MR) is 107 cm³/mol. The van der Waals surface area contributed by atoms with Crippen molar-refractivity contribution in [3.8, 4) is 11.4 Å². The molecule has 0 bridgehead atoms. The van der Waals surface area contributed by atoms with Crippen LogP contribution in [0.25, 0.3) is 11.4 Å². The third-order valence-corrected chi connectivity index (χ3v) is 5.27. The molecule has 1 aromatic heterocycles. The number of thioether (sulfide) groups is 1. The minimum atomic E-state index is -0.363. The number of aryl methyl sites for hydroxylation is 2. The lowest BCUT2D eigenvalue weighted by Crippen LogP contribution is -2.06. The fourth-order valence-electron chi connectivity index (χ4n) is 2.66. The van der Waals surface area contributed by atoms with E-state index in [1.807, 2.05) is 32.0 Å². The highest BCUT2D eigenvalue weighted by molar-refractivity contribution is 7.99. The molecular weight excluding hydrogens is 361 g/mol. The number of aromatic nitrogens is 3. The third-order valence-electron chi connectivity index (χ3n) is 4.30. The van der Waals surface area contributed by atoms with Crippen molar-refractivity contribution in [2.45, 2.75) is 25.5 Å². The molecule has 4 nitrogen and oxygen atoms in total. The zero-order valence-electron chi connectivity index (χ0n) is 15.3. The van der Waals surface area contributed by atoms with E-state index in [1.165, 1.54) is 17.8 Å². The molecule has 0 amide bonds.